The summed E-state index contributed by atoms with van der Waals surface area (Å²) in [5, 5.41) is 21.0. The van der Waals surface area contributed by atoms with E-state index in [1.807, 2.05) is 12.1 Å². The predicted molar refractivity (Wildman–Crippen MR) is 163 cm³/mol. The van der Waals surface area contributed by atoms with Crippen molar-refractivity contribution in [2.45, 2.75) is 95.1 Å². The number of hydrogen-bond donors (Lipinski definition) is 2. The third-order valence-corrected chi connectivity index (χ3v) is 9.53. The fraction of sp³-hybridized carbons (Fsp3) is 0.571. The fourth-order valence-corrected chi connectivity index (χ4v) is 7.60. The van der Waals surface area contributed by atoms with Gasteiger partial charge >= 0.3 is 5.97 Å². The van der Waals surface area contributed by atoms with Crippen molar-refractivity contribution in [3.8, 4) is 11.1 Å². The van der Waals surface area contributed by atoms with Crippen LogP contribution in [0.4, 0.5) is 0 Å². The van der Waals surface area contributed by atoms with Crippen molar-refractivity contribution in [2.75, 3.05) is 26.2 Å². The Morgan fingerprint density at radius 2 is 1.41 bits per heavy atom. The van der Waals surface area contributed by atoms with E-state index in [2.05, 4.69) is 64.4 Å². The van der Waals surface area contributed by atoms with Crippen LogP contribution in [0.2, 0.25) is 0 Å². The van der Waals surface area contributed by atoms with E-state index >= 15 is 0 Å². The van der Waals surface area contributed by atoms with Crippen LogP contribution in [0.1, 0.15) is 76.2 Å². The summed E-state index contributed by atoms with van der Waals surface area (Å²) in [7, 11) is 0. The highest BCUT2D eigenvalue weighted by atomic mass is 16.5. The summed E-state index contributed by atoms with van der Waals surface area (Å²) in [5.74, 6) is -0.575. The molecule has 6 nitrogen and oxygen atoms in total. The lowest BCUT2D eigenvalue weighted by atomic mass is 9.83. The highest BCUT2D eigenvalue weighted by Crippen LogP contribution is 2.49. The van der Waals surface area contributed by atoms with E-state index in [-0.39, 0.29) is 18.4 Å². The number of carboxylic acid groups (broad SMARTS) is 1. The maximum atomic E-state index is 12.0. The number of ether oxygens (including phenoxy) is 1. The molecular weight excluding hydrogens is 512 g/mol. The van der Waals surface area contributed by atoms with Crippen LogP contribution in [0.3, 0.4) is 0 Å². The van der Waals surface area contributed by atoms with Gasteiger partial charge in [0.15, 0.2) is 0 Å². The second-order valence-corrected chi connectivity index (χ2v) is 12.1. The van der Waals surface area contributed by atoms with Crippen LogP contribution >= 0.6 is 0 Å². The van der Waals surface area contributed by atoms with Gasteiger partial charge in [0.2, 0.25) is 0 Å². The Morgan fingerprint density at radius 1 is 0.829 bits per heavy atom. The fourth-order valence-electron chi connectivity index (χ4n) is 7.60. The van der Waals surface area contributed by atoms with E-state index in [0.717, 1.165) is 44.6 Å². The summed E-state index contributed by atoms with van der Waals surface area (Å²) in [6.45, 7) is 4.67. The minimum Gasteiger partial charge on any atom is -0.481 e. The van der Waals surface area contributed by atoms with Crippen LogP contribution in [0.25, 0.3) is 11.1 Å². The van der Waals surface area contributed by atoms with Crippen molar-refractivity contribution in [1.82, 2.24) is 9.80 Å². The molecule has 0 spiro atoms. The zero-order valence-electron chi connectivity index (χ0n) is 24.5. The standard InChI is InChI=1S/C35H48N2O4/c38-33-26-32(41-27-28-18-20-30(21-19-28)29-14-6-3-7-15-29)31(16-8-1-2-9-17-34(39)40)35(33,36-22-10-4-11-23-36)37-24-12-5-13-25-37/h1-3,6-7,14-15,18-21,31-33,38H,4-5,8-13,16-17,22-27H2,(H,39,40)/b2-1-/t31-,32+,33-/m0/s1. The summed E-state index contributed by atoms with van der Waals surface area (Å²) in [5.41, 5.74) is 3.17. The SMILES string of the molecule is O=C(O)CC/C=C\CC[C@H]1[C@H](OCc2ccc(-c3ccccc3)cc2)C[C@H](O)C1(N1CCCCC1)N1CCCCC1. The number of rotatable bonds is 12. The average molecular weight is 561 g/mol. The van der Waals surface area contributed by atoms with Crippen molar-refractivity contribution in [3.05, 3.63) is 72.3 Å². The number of carbonyl (C=O) groups is 1. The van der Waals surface area contributed by atoms with Crippen molar-refractivity contribution in [1.29, 1.82) is 0 Å². The molecule has 2 heterocycles. The molecule has 0 aromatic heterocycles. The van der Waals surface area contributed by atoms with Crippen LogP contribution in [-0.4, -0.2) is 70.0 Å². The lowest BCUT2D eigenvalue weighted by molar-refractivity contribution is -0.164. The van der Waals surface area contributed by atoms with Crippen LogP contribution in [-0.2, 0) is 16.1 Å². The second kappa shape index (κ2) is 14.6. The molecule has 3 atom stereocenters. The molecule has 222 valence electrons. The maximum Gasteiger partial charge on any atom is 0.303 e. The van der Waals surface area contributed by atoms with Gasteiger partial charge in [-0.15, -0.1) is 0 Å². The minimum atomic E-state index is -0.756. The number of piperidine rings is 2. The number of aliphatic hydroxyl groups is 1. The Kier molecular flexibility index (Phi) is 10.7. The van der Waals surface area contributed by atoms with Gasteiger partial charge in [0, 0.05) is 18.8 Å². The maximum absolute atomic E-state index is 12.0. The van der Waals surface area contributed by atoms with Gasteiger partial charge in [-0.1, -0.05) is 79.6 Å². The Morgan fingerprint density at radius 3 is 2.02 bits per heavy atom. The molecule has 2 aromatic carbocycles. The average Bonchev–Trinajstić information content (AvgIpc) is 3.30. The first-order chi connectivity index (χ1) is 20.1. The molecule has 0 amide bonds. The number of benzene rings is 2. The summed E-state index contributed by atoms with van der Waals surface area (Å²) in [4.78, 5) is 16.2. The smallest absolute Gasteiger partial charge is 0.303 e. The van der Waals surface area contributed by atoms with Gasteiger partial charge in [-0.3, -0.25) is 14.6 Å². The van der Waals surface area contributed by atoms with Crippen molar-refractivity contribution >= 4 is 5.97 Å². The molecule has 1 aliphatic carbocycles. The molecule has 2 aromatic rings. The van der Waals surface area contributed by atoms with Crippen LogP contribution in [0.5, 0.6) is 0 Å². The third-order valence-electron chi connectivity index (χ3n) is 9.53. The second-order valence-electron chi connectivity index (χ2n) is 12.1. The Labute approximate surface area is 246 Å². The molecule has 41 heavy (non-hydrogen) atoms. The van der Waals surface area contributed by atoms with Gasteiger partial charge in [-0.2, -0.15) is 0 Å². The molecular formula is C35H48N2O4. The van der Waals surface area contributed by atoms with Crippen molar-refractivity contribution in [3.63, 3.8) is 0 Å². The molecule has 0 radical (unpaired) electrons. The number of aliphatic carboxylic acids is 1. The lowest BCUT2D eigenvalue weighted by Gasteiger charge is -2.56. The first kappa shape index (κ1) is 30.0. The number of carboxylic acids is 1. The number of hydrogen-bond acceptors (Lipinski definition) is 5. The summed E-state index contributed by atoms with van der Waals surface area (Å²) in [6.07, 6.45) is 14.1. The van der Waals surface area contributed by atoms with E-state index in [9.17, 15) is 9.90 Å². The van der Waals surface area contributed by atoms with Gasteiger partial charge in [0.05, 0.1) is 18.8 Å². The van der Waals surface area contributed by atoms with Crippen LogP contribution < -0.4 is 0 Å². The number of aliphatic hydroxyl groups excluding tert-OH is 1. The third kappa shape index (κ3) is 7.11. The molecule has 0 unspecified atom stereocenters. The summed E-state index contributed by atoms with van der Waals surface area (Å²) >= 11 is 0. The molecule has 3 fully saturated rings. The van der Waals surface area contributed by atoms with E-state index in [1.54, 1.807) is 0 Å². The topological polar surface area (TPSA) is 73.2 Å². The Hall–Kier alpha value is -2.51. The van der Waals surface area contributed by atoms with E-state index in [1.165, 1.54) is 49.7 Å². The highest BCUT2D eigenvalue weighted by Gasteiger charge is 2.61. The van der Waals surface area contributed by atoms with Gasteiger partial charge in [-0.25, -0.2) is 0 Å². The molecule has 0 bridgehead atoms. The van der Waals surface area contributed by atoms with E-state index in [4.69, 9.17) is 9.84 Å². The van der Waals surface area contributed by atoms with Crippen LogP contribution in [0, 0.1) is 5.92 Å². The predicted octanol–water partition coefficient (Wildman–Crippen LogP) is 6.49. The Balaban J connectivity index is 1.35. The molecule has 2 N–H and O–H groups in total. The molecule has 6 heteroatoms. The molecule has 5 rings (SSSR count). The zero-order chi connectivity index (χ0) is 28.5. The monoisotopic (exact) mass is 560 g/mol. The van der Waals surface area contributed by atoms with Crippen molar-refractivity contribution < 1.29 is 19.7 Å². The van der Waals surface area contributed by atoms with E-state index < -0.39 is 17.7 Å². The normalized spacial score (nSPS) is 25.5. The summed E-state index contributed by atoms with van der Waals surface area (Å²) < 4.78 is 6.75. The first-order valence-corrected chi connectivity index (χ1v) is 15.9. The van der Waals surface area contributed by atoms with Crippen molar-refractivity contribution in [2.24, 2.45) is 5.92 Å². The zero-order valence-corrected chi connectivity index (χ0v) is 24.5. The largest absolute Gasteiger partial charge is 0.481 e. The molecule has 2 saturated heterocycles. The first-order valence-electron chi connectivity index (χ1n) is 15.9. The lowest BCUT2D eigenvalue weighted by Crippen LogP contribution is -2.70. The molecule has 2 aliphatic heterocycles. The number of allylic oxidation sites excluding steroid dienone is 2. The quantitative estimate of drug-likeness (QED) is 0.289. The Bertz CT molecular complexity index is 1090. The van der Waals surface area contributed by atoms with Gasteiger partial charge in [-0.05, 0) is 87.8 Å². The molecule has 3 aliphatic rings. The van der Waals surface area contributed by atoms with E-state index in [0.29, 0.717) is 19.4 Å². The summed E-state index contributed by atoms with van der Waals surface area (Å²) in [6, 6.07) is 19.1. The molecule has 1 saturated carbocycles. The van der Waals surface area contributed by atoms with Gasteiger partial charge in [0.1, 0.15) is 5.66 Å². The van der Waals surface area contributed by atoms with Gasteiger partial charge < -0.3 is 14.9 Å². The van der Waals surface area contributed by atoms with Crippen LogP contribution in [0.15, 0.2) is 66.7 Å². The minimum absolute atomic E-state index is 0.0323. The highest BCUT2D eigenvalue weighted by molar-refractivity contribution is 5.66. The number of likely N-dealkylation sites (tertiary alicyclic amines) is 2. The van der Waals surface area contributed by atoms with Gasteiger partial charge in [0.25, 0.3) is 0 Å². The number of nitrogens with zero attached hydrogens (tertiary/aromatic N) is 2.